The molecule has 0 radical (unpaired) electrons. The van der Waals surface area contributed by atoms with Crippen LogP contribution in [-0.4, -0.2) is 16.5 Å². The van der Waals surface area contributed by atoms with Gasteiger partial charge < -0.3 is 16.0 Å². The number of hydrogen-bond acceptors (Lipinski definition) is 5. The van der Waals surface area contributed by atoms with E-state index in [-0.39, 0.29) is 0 Å². The molecule has 0 saturated heterocycles. The maximum absolute atomic E-state index is 6.46. The van der Waals surface area contributed by atoms with Crippen molar-refractivity contribution in [3.63, 3.8) is 0 Å². The number of anilines is 5. The van der Waals surface area contributed by atoms with Gasteiger partial charge in [-0.2, -0.15) is 0 Å². The molecule has 0 atom stereocenters. The molecule has 1 heterocycles. The molecular weight excluding hydrogens is 370 g/mol. The van der Waals surface area contributed by atoms with Gasteiger partial charge in [0, 0.05) is 22.6 Å². The van der Waals surface area contributed by atoms with E-state index in [1.165, 1.54) is 11.7 Å². The van der Waals surface area contributed by atoms with Crippen LogP contribution in [0.4, 0.5) is 28.7 Å². The first kappa shape index (κ1) is 18.1. The summed E-state index contributed by atoms with van der Waals surface area (Å²) in [6.45, 7) is 2.80. The van der Waals surface area contributed by atoms with Crippen LogP contribution < -0.4 is 16.0 Å². The molecule has 0 amide bonds. The Kier molecular flexibility index (Phi) is 5.00. The molecule has 0 saturated carbocycles. The normalized spacial score (nSPS) is 10.8. The molecule has 0 aliphatic carbocycles. The van der Waals surface area contributed by atoms with Gasteiger partial charge in [-0.15, -0.1) is 0 Å². The van der Waals surface area contributed by atoms with Crippen LogP contribution in [0.15, 0.2) is 73.1 Å². The average Bonchev–Trinajstić information content (AvgIpc) is 2.73. The van der Waals surface area contributed by atoms with Crippen molar-refractivity contribution in [1.29, 1.82) is 0 Å². The van der Waals surface area contributed by atoms with Crippen LogP contribution in [0.25, 0.3) is 10.8 Å². The van der Waals surface area contributed by atoms with Gasteiger partial charge in [0.15, 0.2) is 11.6 Å². The van der Waals surface area contributed by atoms with Crippen LogP contribution in [0, 0.1) is 0 Å². The number of hydrogen-bond donors (Lipinski definition) is 2. The van der Waals surface area contributed by atoms with Crippen molar-refractivity contribution >= 4 is 51.1 Å². The van der Waals surface area contributed by atoms with E-state index in [2.05, 4.69) is 51.4 Å². The van der Waals surface area contributed by atoms with E-state index >= 15 is 0 Å². The molecule has 0 aliphatic rings. The Morgan fingerprint density at radius 1 is 0.964 bits per heavy atom. The molecule has 0 bridgehead atoms. The second-order valence-electron chi connectivity index (χ2n) is 6.33. The lowest BCUT2D eigenvalue weighted by Crippen LogP contribution is -2.20. The third-order valence-corrected chi connectivity index (χ3v) is 4.85. The zero-order valence-electron chi connectivity index (χ0n) is 15.4. The average molecular weight is 390 g/mol. The van der Waals surface area contributed by atoms with E-state index in [1.807, 2.05) is 42.5 Å². The Balaban J connectivity index is 1.76. The molecule has 4 aromatic rings. The summed E-state index contributed by atoms with van der Waals surface area (Å²) in [5, 5.41) is 6.24. The predicted molar refractivity (Wildman–Crippen MR) is 118 cm³/mol. The molecular formula is C22H20ClN5. The second-order valence-corrected chi connectivity index (χ2v) is 6.77. The fourth-order valence-corrected chi connectivity index (χ4v) is 3.37. The maximum Gasteiger partial charge on any atom is 0.161 e. The fourth-order valence-electron chi connectivity index (χ4n) is 3.25. The lowest BCUT2D eigenvalue weighted by atomic mass is 10.1. The number of halogens is 1. The monoisotopic (exact) mass is 389 g/mol. The van der Waals surface area contributed by atoms with Crippen molar-refractivity contribution < 1.29 is 0 Å². The number of rotatable bonds is 5. The van der Waals surface area contributed by atoms with Crippen molar-refractivity contribution in [1.82, 2.24) is 9.97 Å². The summed E-state index contributed by atoms with van der Waals surface area (Å²) in [6, 6.07) is 21.9. The number of nitrogens with two attached hydrogens (primary N) is 1. The highest BCUT2D eigenvalue weighted by Crippen LogP contribution is 2.36. The lowest BCUT2D eigenvalue weighted by molar-refractivity contribution is 0.985. The molecule has 3 aromatic carbocycles. The fraction of sp³-hybridized carbons (Fsp3) is 0.0909. The first-order valence-corrected chi connectivity index (χ1v) is 9.43. The number of benzene rings is 3. The smallest absolute Gasteiger partial charge is 0.161 e. The number of nitrogen functional groups attached to an aromatic ring is 1. The van der Waals surface area contributed by atoms with Crippen LogP contribution >= 0.6 is 11.6 Å². The van der Waals surface area contributed by atoms with E-state index in [0.29, 0.717) is 22.3 Å². The Labute approximate surface area is 168 Å². The van der Waals surface area contributed by atoms with Crippen LogP contribution in [0.5, 0.6) is 0 Å². The van der Waals surface area contributed by atoms with Gasteiger partial charge in [-0.3, -0.25) is 0 Å². The largest absolute Gasteiger partial charge is 0.393 e. The second kappa shape index (κ2) is 7.74. The number of fused-ring (bicyclic) bond motifs is 1. The summed E-state index contributed by atoms with van der Waals surface area (Å²) in [7, 11) is 0. The van der Waals surface area contributed by atoms with Gasteiger partial charge in [0.1, 0.15) is 12.0 Å². The molecule has 5 nitrogen and oxygen atoms in total. The van der Waals surface area contributed by atoms with Crippen LogP contribution in [0.3, 0.4) is 0 Å². The van der Waals surface area contributed by atoms with Gasteiger partial charge in [-0.25, -0.2) is 9.97 Å². The Bertz CT molecular complexity index is 1110. The van der Waals surface area contributed by atoms with Crippen molar-refractivity contribution in [3.8, 4) is 0 Å². The molecule has 0 aliphatic heterocycles. The molecule has 0 fully saturated rings. The van der Waals surface area contributed by atoms with E-state index in [4.69, 9.17) is 17.3 Å². The van der Waals surface area contributed by atoms with E-state index < -0.39 is 0 Å². The van der Waals surface area contributed by atoms with E-state index in [0.717, 1.165) is 23.3 Å². The molecule has 6 heteroatoms. The van der Waals surface area contributed by atoms with Crippen LogP contribution in [0.2, 0.25) is 5.02 Å². The minimum absolute atomic E-state index is 0.493. The van der Waals surface area contributed by atoms with Crippen molar-refractivity contribution in [2.75, 3.05) is 22.5 Å². The summed E-state index contributed by atoms with van der Waals surface area (Å²) < 4.78 is 0. The lowest BCUT2D eigenvalue weighted by Gasteiger charge is -2.25. The number of nitrogens with zero attached hydrogens (tertiary/aromatic N) is 3. The predicted octanol–water partition coefficient (Wildman–Crippen LogP) is 5.77. The van der Waals surface area contributed by atoms with Gasteiger partial charge in [0.2, 0.25) is 0 Å². The topological polar surface area (TPSA) is 67.1 Å². The SMILES string of the molecule is CCN(c1ncnc(Nc2ccc(Cl)cc2)c1N)c1cccc2ccccc12. The number of aromatic nitrogens is 2. The quantitative estimate of drug-likeness (QED) is 0.453. The summed E-state index contributed by atoms with van der Waals surface area (Å²) in [4.78, 5) is 10.9. The molecule has 140 valence electrons. The van der Waals surface area contributed by atoms with Crippen molar-refractivity contribution in [2.24, 2.45) is 0 Å². The molecule has 0 unspecified atom stereocenters. The van der Waals surface area contributed by atoms with Gasteiger partial charge in [0.25, 0.3) is 0 Å². The third-order valence-electron chi connectivity index (χ3n) is 4.60. The van der Waals surface area contributed by atoms with E-state index in [9.17, 15) is 0 Å². The number of nitrogens with one attached hydrogen (secondary N) is 1. The molecule has 4 rings (SSSR count). The highest BCUT2D eigenvalue weighted by atomic mass is 35.5. The first-order valence-electron chi connectivity index (χ1n) is 9.05. The first-order chi connectivity index (χ1) is 13.7. The Hall–Kier alpha value is -3.31. The minimum atomic E-state index is 0.493. The molecule has 28 heavy (non-hydrogen) atoms. The summed E-state index contributed by atoms with van der Waals surface area (Å²) in [5.74, 6) is 1.23. The van der Waals surface area contributed by atoms with Gasteiger partial charge in [-0.1, -0.05) is 48.0 Å². The van der Waals surface area contributed by atoms with Crippen LogP contribution in [0.1, 0.15) is 6.92 Å². The summed E-state index contributed by atoms with van der Waals surface area (Å²) >= 11 is 5.96. The zero-order valence-corrected chi connectivity index (χ0v) is 16.2. The van der Waals surface area contributed by atoms with Crippen LogP contribution in [-0.2, 0) is 0 Å². The van der Waals surface area contributed by atoms with E-state index in [1.54, 1.807) is 0 Å². The Morgan fingerprint density at radius 2 is 1.71 bits per heavy atom. The highest BCUT2D eigenvalue weighted by molar-refractivity contribution is 6.30. The molecule has 0 spiro atoms. The van der Waals surface area contributed by atoms with Gasteiger partial charge >= 0.3 is 0 Å². The standard InChI is InChI=1S/C22H20ClN5/c1-2-28(19-9-5-7-15-6-3-4-8-18(15)19)22-20(24)21(25-14-26-22)27-17-12-10-16(23)11-13-17/h3-14H,2,24H2,1H3,(H,25,26,27). The minimum Gasteiger partial charge on any atom is -0.393 e. The highest BCUT2D eigenvalue weighted by Gasteiger charge is 2.17. The summed E-state index contributed by atoms with van der Waals surface area (Å²) in [6.07, 6.45) is 1.53. The van der Waals surface area contributed by atoms with Gasteiger partial charge in [0.05, 0.1) is 5.69 Å². The van der Waals surface area contributed by atoms with Crippen molar-refractivity contribution in [2.45, 2.75) is 6.92 Å². The summed E-state index contributed by atoms with van der Waals surface area (Å²) in [5.41, 5.74) is 8.87. The third kappa shape index (κ3) is 3.44. The molecule has 1 aromatic heterocycles. The maximum atomic E-state index is 6.46. The van der Waals surface area contributed by atoms with Crippen molar-refractivity contribution in [3.05, 3.63) is 78.1 Å². The zero-order chi connectivity index (χ0) is 19.5. The molecule has 3 N–H and O–H groups in total. The van der Waals surface area contributed by atoms with Gasteiger partial charge in [-0.05, 0) is 42.6 Å². The Morgan fingerprint density at radius 3 is 2.50 bits per heavy atom.